The Kier molecular flexibility index (Phi) is 3.41. The fraction of sp³-hybridized carbons (Fsp3) is 0.429. The third kappa shape index (κ3) is 2.18. The van der Waals surface area contributed by atoms with Gasteiger partial charge in [0.25, 0.3) is 5.91 Å². The molecule has 1 atom stereocenters. The fourth-order valence-corrected chi connectivity index (χ4v) is 3.29. The van der Waals surface area contributed by atoms with Crippen LogP contribution in [0.3, 0.4) is 0 Å². The second-order valence-corrected chi connectivity index (χ2v) is 5.93. The molecule has 1 aliphatic heterocycles. The van der Waals surface area contributed by atoms with Crippen molar-refractivity contribution in [3.8, 4) is 0 Å². The van der Waals surface area contributed by atoms with E-state index in [2.05, 4.69) is 26.1 Å². The molecule has 3 rings (SSSR count). The van der Waals surface area contributed by atoms with Gasteiger partial charge in [0.1, 0.15) is 6.26 Å². The van der Waals surface area contributed by atoms with Gasteiger partial charge in [-0.15, -0.1) is 0 Å². The third-order valence-electron chi connectivity index (χ3n) is 3.85. The van der Waals surface area contributed by atoms with Crippen LogP contribution in [0.4, 0.5) is 0 Å². The average Bonchev–Trinajstić information content (AvgIpc) is 3.10. The van der Waals surface area contributed by atoms with Gasteiger partial charge in [-0.2, -0.15) is 5.10 Å². The van der Waals surface area contributed by atoms with Crippen LogP contribution in [-0.2, 0) is 0 Å². The first-order valence-electron chi connectivity index (χ1n) is 6.64. The average molecular weight is 338 g/mol. The number of carbonyl (C=O) groups excluding carboxylic acids is 1. The van der Waals surface area contributed by atoms with Crippen molar-refractivity contribution in [2.45, 2.75) is 32.7 Å². The lowest BCUT2D eigenvalue weighted by atomic mass is 10.0. The number of carbonyl (C=O) groups is 1. The minimum Gasteiger partial charge on any atom is -0.457 e. The number of halogens is 1. The van der Waals surface area contributed by atoms with Gasteiger partial charge in [-0.1, -0.05) is 0 Å². The summed E-state index contributed by atoms with van der Waals surface area (Å²) in [6, 6.07) is 1.82. The molecule has 20 heavy (non-hydrogen) atoms. The first kappa shape index (κ1) is 13.4. The van der Waals surface area contributed by atoms with E-state index < -0.39 is 0 Å². The Labute approximate surface area is 125 Å². The maximum Gasteiger partial charge on any atom is 0.257 e. The van der Waals surface area contributed by atoms with Gasteiger partial charge in [0.15, 0.2) is 4.67 Å². The molecule has 1 N–H and O–H groups in total. The number of amides is 1. The highest BCUT2D eigenvalue weighted by molar-refractivity contribution is 9.10. The van der Waals surface area contributed by atoms with Gasteiger partial charge >= 0.3 is 0 Å². The lowest BCUT2D eigenvalue weighted by Gasteiger charge is -2.24. The second-order valence-electron chi connectivity index (χ2n) is 5.14. The standard InChI is InChI=1S/C14H16BrN3O2/c1-8-13(9(2)17-16-8)11-4-3-5-18(11)14(19)10-6-12(15)20-7-10/h6-7,11H,3-5H2,1-2H3,(H,16,17)/t11-/m1/s1. The summed E-state index contributed by atoms with van der Waals surface area (Å²) < 4.78 is 5.75. The van der Waals surface area contributed by atoms with Crippen molar-refractivity contribution in [2.24, 2.45) is 0 Å². The second kappa shape index (κ2) is 5.09. The summed E-state index contributed by atoms with van der Waals surface area (Å²) in [6.45, 7) is 4.76. The Hall–Kier alpha value is -1.56. The van der Waals surface area contributed by atoms with Gasteiger partial charge in [0.2, 0.25) is 0 Å². The van der Waals surface area contributed by atoms with Crippen LogP contribution in [0, 0.1) is 13.8 Å². The van der Waals surface area contributed by atoms with Crippen LogP contribution in [0.2, 0.25) is 0 Å². The Balaban J connectivity index is 1.91. The van der Waals surface area contributed by atoms with Gasteiger partial charge in [-0.3, -0.25) is 9.89 Å². The fourth-order valence-electron chi connectivity index (χ4n) is 2.95. The van der Waals surface area contributed by atoms with Gasteiger partial charge < -0.3 is 9.32 Å². The number of hydrogen-bond acceptors (Lipinski definition) is 3. The lowest BCUT2D eigenvalue weighted by Crippen LogP contribution is -2.30. The van der Waals surface area contributed by atoms with E-state index in [0.717, 1.165) is 36.3 Å². The largest absolute Gasteiger partial charge is 0.457 e. The molecule has 0 aromatic carbocycles. The van der Waals surface area contributed by atoms with Crippen LogP contribution in [-0.4, -0.2) is 27.5 Å². The van der Waals surface area contributed by atoms with Crippen LogP contribution in [0.1, 0.15) is 46.2 Å². The van der Waals surface area contributed by atoms with Crippen LogP contribution in [0.25, 0.3) is 0 Å². The lowest BCUT2D eigenvalue weighted by molar-refractivity contribution is 0.0734. The molecule has 6 heteroatoms. The molecule has 3 heterocycles. The van der Waals surface area contributed by atoms with E-state index in [1.807, 2.05) is 18.7 Å². The Morgan fingerprint density at radius 2 is 2.35 bits per heavy atom. The zero-order valence-corrected chi connectivity index (χ0v) is 13.0. The zero-order valence-electron chi connectivity index (χ0n) is 11.4. The van der Waals surface area contributed by atoms with Crippen molar-refractivity contribution in [1.29, 1.82) is 0 Å². The molecule has 1 amide bonds. The predicted octanol–water partition coefficient (Wildman–Crippen LogP) is 3.36. The minimum absolute atomic E-state index is 0.0157. The molecule has 0 spiro atoms. The molecule has 0 unspecified atom stereocenters. The number of nitrogens with one attached hydrogen (secondary N) is 1. The van der Waals surface area contributed by atoms with Crippen LogP contribution in [0.15, 0.2) is 21.4 Å². The highest BCUT2D eigenvalue weighted by Gasteiger charge is 2.33. The number of aryl methyl sites for hydroxylation is 2. The van der Waals surface area contributed by atoms with Crippen LogP contribution >= 0.6 is 15.9 Å². The van der Waals surface area contributed by atoms with Gasteiger partial charge in [-0.05, 0) is 42.6 Å². The molecule has 2 aromatic heterocycles. The van der Waals surface area contributed by atoms with E-state index in [4.69, 9.17) is 4.42 Å². The molecular weight excluding hydrogens is 322 g/mol. The summed E-state index contributed by atoms with van der Waals surface area (Å²) in [5, 5.41) is 7.25. The molecule has 0 aliphatic carbocycles. The van der Waals surface area contributed by atoms with E-state index in [1.165, 1.54) is 6.26 Å². The summed E-state index contributed by atoms with van der Waals surface area (Å²) in [4.78, 5) is 14.5. The number of nitrogens with zero attached hydrogens (tertiary/aromatic N) is 2. The summed E-state index contributed by atoms with van der Waals surface area (Å²) in [7, 11) is 0. The number of H-pyrrole nitrogens is 1. The molecule has 0 radical (unpaired) electrons. The van der Waals surface area contributed by atoms with E-state index in [-0.39, 0.29) is 11.9 Å². The first-order chi connectivity index (χ1) is 9.58. The summed E-state index contributed by atoms with van der Waals surface area (Å²) in [6.07, 6.45) is 3.49. The quantitative estimate of drug-likeness (QED) is 0.913. The first-order valence-corrected chi connectivity index (χ1v) is 7.43. The molecule has 1 fully saturated rings. The van der Waals surface area contributed by atoms with Crippen molar-refractivity contribution in [3.05, 3.63) is 39.5 Å². The van der Waals surface area contributed by atoms with E-state index >= 15 is 0 Å². The van der Waals surface area contributed by atoms with E-state index in [9.17, 15) is 4.79 Å². The van der Waals surface area contributed by atoms with Crippen molar-refractivity contribution >= 4 is 21.8 Å². The topological polar surface area (TPSA) is 62.1 Å². The number of furan rings is 1. The molecule has 106 valence electrons. The van der Waals surface area contributed by atoms with Crippen molar-refractivity contribution in [1.82, 2.24) is 15.1 Å². The maximum absolute atomic E-state index is 12.6. The number of likely N-dealkylation sites (tertiary alicyclic amines) is 1. The molecule has 1 aliphatic rings. The van der Waals surface area contributed by atoms with Crippen molar-refractivity contribution in [3.63, 3.8) is 0 Å². The molecular formula is C14H16BrN3O2. The zero-order chi connectivity index (χ0) is 14.3. The van der Waals surface area contributed by atoms with E-state index in [0.29, 0.717) is 10.2 Å². The predicted molar refractivity (Wildman–Crippen MR) is 77.5 cm³/mol. The highest BCUT2D eigenvalue weighted by atomic mass is 79.9. The van der Waals surface area contributed by atoms with Gasteiger partial charge in [-0.25, -0.2) is 0 Å². The van der Waals surface area contributed by atoms with Crippen molar-refractivity contribution in [2.75, 3.05) is 6.54 Å². The Morgan fingerprint density at radius 3 is 2.95 bits per heavy atom. The van der Waals surface area contributed by atoms with Crippen LogP contribution in [0.5, 0.6) is 0 Å². The summed E-state index contributed by atoms with van der Waals surface area (Å²) >= 11 is 3.23. The monoisotopic (exact) mass is 337 g/mol. The molecule has 2 aromatic rings. The minimum atomic E-state index is 0.0157. The number of hydrogen-bond donors (Lipinski definition) is 1. The Morgan fingerprint density at radius 1 is 1.55 bits per heavy atom. The van der Waals surface area contributed by atoms with Gasteiger partial charge in [0.05, 0.1) is 17.3 Å². The third-order valence-corrected chi connectivity index (χ3v) is 4.26. The molecule has 5 nitrogen and oxygen atoms in total. The SMILES string of the molecule is Cc1n[nH]c(C)c1[C@H]1CCCN1C(=O)c1coc(Br)c1. The summed E-state index contributed by atoms with van der Waals surface area (Å²) in [5.41, 5.74) is 3.75. The van der Waals surface area contributed by atoms with Crippen molar-refractivity contribution < 1.29 is 9.21 Å². The number of aromatic nitrogens is 2. The molecule has 1 saturated heterocycles. The van der Waals surface area contributed by atoms with Crippen LogP contribution < -0.4 is 0 Å². The van der Waals surface area contributed by atoms with Gasteiger partial charge in [0, 0.05) is 23.9 Å². The Bertz CT molecular complexity index is 627. The normalized spacial score (nSPS) is 18.8. The maximum atomic E-state index is 12.6. The molecule has 0 saturated carbocycles. The van der Waals surface area contributed by atoms with E-state index in [1.54, 1.807) is 6.07 Å². The highest BCUT2D eigenvalue weighted by Crippen LogP contribution is 2.36. The number of rotatable bonds is 2. The smallest absolute Gasteiger partial charge is 0.257 e. The number of aromatic amines is 1. The summed E-state index contributed by atoms with van der Waals surface area (Å²) in [5.74, 6) is 0.0157. The molecule has 0 bridgehead atoms.